The predicted molar refractivity (Wildman–Crippen MR) is 120 cm³/mol. The normalized spacial score (nSPS) is 18.3. The molecule has 0 radical (unpaired) electrons. The van der Waals surface area contributed by atoms with Crippen LogP contribution in [0.1, 0.15) is 48.2 Å². The molecule has 0 aliphatic carbocycles. The van der Waals surface area contributed by atoms with Crippen LogP contribution in [0.25, 0.3) is 17.0 Å². The van der Waals surface area contributed by atoms with Crippen molar-refractivity contribution in [2.45, 2.75) is 45.2 Å². The molecule has 2 atom stereocenters. The standard InChI is InChI=1S/C25H29N3O2/c1-17-23(22-7-3-4-8-24(22)26-17)16-21-6-5-15-28(21)18(2)20-12-9-19(10-13-20)11-14-25(29)27-30/h3-4,7-14,18,21,26,30H,5-6,15-16H2,1-2H3,(H,27,29)/b14-11+/t18-,21-/m1/s1. The number of nitrogens with one attached hydrogen (secondary N) is 2. The minimum absolute atomic E-state index is 0.335. The molecule has 3 N–H and O–H groups in total. The summed E-state index contributed by atoms with van der Waals surface area (Å²) in [5.74, 6) is -0.528. The second-order valence-electron chi connectivity index (χ2n) is 8.16. The molecule has 1 fully saturated rings. The molecule has 1 amide bonds. The van der Waals surface area contributed by atoms with Crippen LogP contribution in [0.3, 0.4) is 0 Å². The Labute approximate surface area is 177 Å². The van der Waals surface area contributed by atoms with Gasteiger partial charge >= 0.3 is 0 Å². The number of rotatable bonds is 6. The maximum atomic E-state index is 11.1. The lowest BCUT2D eigenvalue weighted by Gasteiger charge is -2.31. The molecule has 3 aromatic rings. The number of nitrogens with zero attached hydrogens (tertiary/aromatic N) is 1. The average molecular weight is 404 g/mol. The van der Waals surface area contributed by atoms with Crippen LogP contribution < -0.4 is 5.48 Å². The Kier molecular flexibility index (Phi) is 6.02. The van der Waals surface area contributed by atoms with Crippen LogP contribution in [0.5, 0.6) is 0 Å². The summed E-state index contributed by atoms with van der Waals surface area (Å²) in [6.45, 7) is 5.58. The van der Waals surface area contributed by atoms with E-state index in [0.29, 0.717) is 12.1 Å². The Morgan fingerprint density at radius 1 is 1.27 bits per heavy atom. The highest BCUT2D eigenvalue weighted by atomic mass is 16.5. The number of aryl methyl sites for hydroxylation is 1. The zero-order chi connectivity index (χ0) is 21.1. The Hall–Kier alpha value is -2.89. The molecule has 1 aromatic heterocycles. The van der Waals surface area contributed by atoms with Crippen LogP contribution in [0.15, 0.2) is 54.6 Å². The topological polar surface area (TPSA) is 68.4 Å². The van der Waals surface area contributed by atoms with Gasteiger partial charge in [0.2, 0.25) is 0 Å². The lowest BCUT2D eigenvalue weighted by atomic mass is 9.98. The number of hydrogen-bond acceptors (Lipinski definition) is 3. The second kappa shape index (κ2) is 8.86. The number of carbonyl (C=O) groups excluding carboxylic acids is 1. The number of carbonyl (C=O) groups is 1. The fourth-order valence-electron chi connectivity index (χ4n) is 4.71. The minimum Gasteiger partial charge on any atom is -0.358 e. The number of amides is 1. The monoisotopic (exact) mass is 403 g/mol. The molecule has 0 bridgehead atoms. The summed E-state index contributed by atoms with van der Waals surface area (Å²) < 4.78 is 0. The molecule has 2 heterocycles. The molecule has 0 spiro atoms. The number of para-hydroxylation sites is 1. The summed E-state index contributed by atoms with van der Waals surface area (Å²) in [5, 5.41) is 9.93. The zero-order valence-electron chi connectivity index (χ0n) is 17.6. The fraction of sp³-hybridized carbons (Fsp3) is 0.320. The molecule has 1 aliphatic rings. The van der Waals surface area contributed by atoms with Crippen molar-refractivity contribution >= 4 is 22.9 Å². The van der Waals surface area contributed by atoms with Gasteiger partial charge in [0, 0.05) is 34.8 Å². The third-order valence-corrected chi connectivity index (χ3v) is 6.34. The summed E-state index contributed by atoms with van der Waals surface area (Å²) in [5.41, 5.74) is 7.76. The SMILES string of the molecule is Cc1[nH]c2ccccc2c1C[C@H]1CCCN1[C@H](C)c1ccc(/C=C/C(=O)NO)cc1. The number of fused-ring (bicyclic) bond motifs is 1. The molecule has 4 rings (SSSR count). The number of aromatic amines is 1. The first-order valence-corrected chi connectivity index (χ1v) is 10.6. The maximum absolute atomic E-state index is 11.1. The predicted octanol–water partition coefficient (Wildman–Crippen LogP) is 4.76. The van der Waals surface area contributed by atoms with Gasteiger partial charge in [0.1, 0.15) is 0 Å². The van der Waals surface area contributed by atoms with E-state index in [-0.39, 0.29) is 0 Å². The summed E-state index contributed by atoms with van der Waals surface area (Å²) in [6, 6.07) is 17.7. The van der Waals surface area contributed by atoms with Crippen molar-refractivity contribution in [2.24, 2.45) is 0 Å². The van der Waals surface area contributed by atoms with Gasteiger partial charge in [-0.3, -0.25) is 14.9 Å². The molecule has 30 heavy (non-hydrogen) atoms. The Morgan fingerprint density at radius 2 is 2.03 bits per heavy atom. The first kappa shape index (κ1) is 20.4. The molecule has 1 saturated heterocycles. The molecule has 156 valence electrons. The second-order valence-corrected chi connectivity index (χ2v) is 8.16. The molecule has 2 aromatic carbocycles. The number of likely N-dealkylation sites (tertiary alicyclic amines) is 1. The lowest BCUT2D eigenvalue weighted by Crippen LogP contribution is -2.33. The molecular weight excluding hydrogens is 374 g/mol. The summed E-state index contributed by atoms with van der Waals surface area (Å²) >= 11 is 0. The van der Waals surface area contributed by atoms with Gasteiger partial charge in [0.15, 0.2) is 0 Å². The largest absolute Gasteiger partial charge is 0.358 e. The Morgan fingerprint density at radius 3 is 2.80 bits per heavy atom. The van der Waals surface area contributed by atoms with E-state index in [1.165, 1.54) is 46.6 Å². The minimum atomic E-state index is -0.528. The van der Waals surface area contributed by atoms with Crippen molar-refractivity contribution < 1.29 is 10.0 Å². The summed E-state index contributed by atoms with van der Waals surface area (Å²) in [7, 11) is 0. The zero-order valence-corrected chi connectivity index (χ0v) is 17.6. The van der Waals surface area contributed by atoms with E-state index >= 15 is 0 Å². The number of aromatic nitrogens is 1. The first-order valence-electron chi connectivity index (χ1n) is 10.6. The third kappa shape index (κ3) is 4.18. The van der Waals surface area contributed by atoms with Crippen molar-refractivity contribution in [3.63, 3.8) is 0 Å². The van der Waals surface area contributed by atoms with Gasteiger partial charge in [0.25, 0.3) is 5.91 Å². The third-order valence-electron chi connectivity index (χ3n) is 6.34. The van der Waals surface area contributed by atoms with E-state index < -0.39 is 5.91 Å². The number of benzene rings is 2. The Bertz CT molecular complexity index is 1050. The molecule has 0 unspecified atom stereocenters. The van der Waals surface area contributed by atoms with Crippen LogP contribution in [-0.4, -0.2) is 33.6 Å². The molecule has 5 nitrogen and oxygen atoms in total. The van der Waals surface area contributed by atoms with Gasteiger partial charge in [-0.15, -0.1) is 0 Å². The Balaban J connectivity index is 1.49. The van der Waals surface area contributed by atoms with Gasteiger partial charge in [-0.25, -0.2) is 5.48 Å². The first-order chi connectivity index (χ1) is 14.6. The maximum Gasteiger partial charge on any atom is 0.267 e. The van der Waals surface area contributed by atoms with E-state index in [1.54, 1.807) is 11.6 Å². The van der Waals surface area contributed by atoms with Crippen molar-refractivity contribution in [2.75, 3.05) is 6.54 Å². The molecular formula is C25H29N3O2. The van der Waals surface area contributed by atoms with Gasteiger partial charge in [-0.1, -0.05) is 42.5 Å². The quantitative estimate of drug-likeness (QED) is 0.316. The van der Waals surface area contributed by atoms with Gasteiger partial charge in [-0.2, -0.15) is 0 Å². The van der Waals surface area contributed by atoms with Crippen LogP contribution >= 0.6 is 0 Å². The van der Waals surface area contributed by atoms with Crippen LogP contribution in [0.4, 0.5) is 0 Å². The van der Waals surface area contributed by atoms with Crippen molar-refractivity contribution in [3.8, 4) is 0 Å². The summed E-state index contributed by atoms with van der Waals surface area (Å²) in [4.78, 5) is 17.3. The summed E-state index contributed by atoms with van der Waals surface area (Å²) in [6.07, 6.45) is 6.53. The number of hydrogen-bond donors (Lipinski definition) is 3. The van der Waals surface area contributed by atoms with Gasteiger partial charge in [-0.05, 0) is 68.5 Å². The van der Waals surface area contributed by atoms with Gasteiger partial charge < -0.3 is 4.98 Å². The highest BCUT2D eigenvalue weighted by Crippen LogP contribution is 2.33. The fourth-order valence-corrected chi connectivity index (χ4v) is 4.71. The number of H-pyrrole nitrogens is 1. The molecule has 1 aliphatic heterocycles. The van der Waals surface area contributed by atoms with E-state index in [1.807, 2.05) is 12.1 Å². The highest BCUT2D eigenvalue weighted by Gasteiger charge is 2.30. The molecule has 5 heteroatoms. The lowest BCUT2D eigenvalue weighted by molar-refractivity contribution is -0.124. The highest BCUT2D eigenvalue weighted by molar-refractivity contribution is 5.90. The van der Waals surface area contributed by atoms with Crippen LogP contribution in [0.2, 0.25) is 0 Å². The van der Waals surface area contributed by atoms with Crippen LogP contribution in [0, 0.1) is 6.92 Å². The van der Waals surface area contributed by atoms with E-state index in [9.17, 15) is 4.79 Å². The van der Waals surface area contributed by atoms with E-state index in [0.717, 1.165) is 18.5 Å². The van der Waals surface area contributed by atoms with Crippen molar-refractivity contribution in [1.82, 2.24) is 15.4 Å². The molecule has 0 saturated carbocycles. The van der Waals surface area contributed by atoms with E-state index in [2.05, 4.69) is 60.1 Å². The average Bonchev–Trinajstić information content (AvgIpc) is 3.36. The van der Waals surface area contributed by atoms with E-state index in [4.69, 9.17) is 5.21 Å². The van der Waals surface area contributed by atoms with Crippen LogP contribution in [-0.2, 0) is 11.2 Å². The van der Waals surface area contributed by atoms with Crippen molar-refractivity contribution in [3.05, 3.63) is 77.0 Å². The smallest absolute Gasteiger partial charge is 0.267 e. The van der Waals surface area contributed by atoms with Gasteiger partial charge in [0.05, 0.1) is 0 Å². The number of hydroxylamine groups is 1. The van der Waals surface area contributed by atoms with Crippen molar-refractivity contribution in [1.29, 1.82) is 0 Å².